The molecule has 128 valence electrons. The number of quaternary nitrogens is 5. The second-order valence-corrected chi connectivity index (χ2v) is 7.86. The van der Waals surface area contributed by atoms with Crippen LogP contribution >= 0.6 is 0 Å². The van der Waals surface area contributed by atoms with E-state index < -0.39 is 0 Å². The Bertz CT molecular complexity index is 313. The second-order valence-electron chi connectivity index (χ2n) is 7.86. The van der Waals surface area contributed by atoms with Crippen LogP contribution in [0, 0.1) is 0 Å². The average molecular weight is 314 g/mol. The summed E-state index contributed by atoms with van der Waals surface area (Å²) in [6, 6.07) is 0. The summed E-state index contributed by atoms with van der Waals surface area (Å²) in [4.78, 5) is 22.8. The highest BCUT2D eigenvalue weighted by Crippen LogP contribution is 2.18. The van der Waals surface area contributed by atoms with Gasteiger partial charge in [-0.05, 0) is 0 Å². The molecular weight excluding hydrogens is 278 g/mol. The Morgan fingerprint density at radius 1 is 0.333 bits per heavy atom. The van der Waals surface area contributed by atoms with Crippen LogP contribution in [0.25, 0.3) is 0 Å². The average Bonchev–Trinajstić information content (AvgIpc) is 1.83. The highest BCUT2D eigenvalue weighted by Gasteiger charge is 2.47. The lowest BCUT2D eigenvalue weighted by Crippen LogP contribution is -2.62. The van der Waals surface area contributed by atoms with Crippen LogP contribution < -0.4 is 0 Å². The fourth-order valence-electron chi connectivity index (χ4n) is 2.17. The van der Waals surface area contributed by atoms with Crippen molar-refractivity contribution in [3.8, 4) is 0 Å². The maximum absolute atomic E-state index is 5.86. The van der Waals surface area contributed by atoms with Gasteiger partial charge >= 0.3 is 0 Å². The molecule has 21 heavy (non-hydrogen) atoms. The van der Waals surface area contributed by atoms with Crippen LogP contribution in [0.1, 0.15) is 0 Å². The van der Waals surface area contributed by atoms with E-state index in [1.54, 1.807) is 42.3 Å². The third kappa shape index (κ3) is 10.9. The molecular formula is C12H36N5O4+5. The van der Waals surface area contributed by atoms with Crippen LogP contribution in [-0.4, -0.2) is 108 Å². The SMILES string of the molecule is C[N+](C)(C)O[N+](C)(C)O[N+](C)(C)O[N+](C)(C)O[N+](C)(C)C. The van der Waals surface area contributed by atoms with Crippen molar-refractivity contribution in [1.82, 2.24) is 0 Å². The van der Waals surface area contributed by atoms with Crippen molar-refractivity contribution in [3.63, 3.8) is 0 Å². The van der Waals surface area contributed by atoms with Gasteiger partial charge in [0.15, 0.2) is 0 Å². The molecule has 0 saturated carbocycles. The summed E-state index contributed by atoms with van der Waals surface area (Å²) in [5, 5.41) is 0. The number of nitrogens with zero attached hydrogens (tertiary/aromatic N) is 5. The van der Waals surface area contributed by atoms with Crippen LogP contribution in [-0.2, 0) is 19.8 Å². The number of rotatable bonds is 8. The zero-order chi connectivity index (χ0) is 17.3. The highest BCUT2D eigenvalue weighted by atomic mass is 17.3. The Labute approximate surface area is 129 Å². The molecule has 0 aromatic rings. The van der Waals surface area contributed by atoms with E-state index in [4.69, 9.17) is 19.8 Å². The molecule has 0 radical (unpaired) electrons. The predicted molar refractivity (Wildman–Crippen MR) is 76.7 cm³/mol. The summed E-state index contributed by atoms with van der Waals surface area (Å²) < 4.78 is 0.585. The van der Waals surface area contributed by atoms with Gasteiger partial charge in [-0.1, -0.05) is 0 Å². The minimum atomic E-state index is -0.208. The summed E-state index contributed by atoms with van der Waals surface area (Å²) >= 11 is 0. The largest absolute Gasteiger partial charge is 0.144 e. The molecule has 0 aliphatic rings. The van der Waals surface area contributed by atoms with E-state index in [-0.39, 0.29) is 14.4 Å². The van der Waals surface area contributed by atoms with E-state index in [0.29, 0.717) is 9.29 Å². The zero-order valence-electron chi connectivity index (χ0n) is 15.9. The van der Waals surface area contributed by atoms with E-state index >= 15 is 0 Å². The van der Waals surface area contributed by atoms with Crippen molar-refractivity contribution in [1.29, 1.82) is 0 Å². The molecule has 0 amide bonds. The van der Waals surface area contributed by atoms with Gasteiger partial charge in [0.05, 0.1) is 24.3 Å². The summed E-state index contributed by atoms with van der Waals surface area (Å²) in [7, 11) is 22.1. The van der Waals surface area contributed by atoms with Crippen molar-refractivity contribution in [2.45, 2.75) is 0 Å². The molecule has 0 atom stereocenters. The third-order valence-electron chi connectivity index (χ3n) is 1.67. The molecule has 0 heterocycles. The van der Waals surface area contributed by atoms with E-state index in [0.717, 1.165) is 0 Å². The minimum Gasteiger partial charge on any atom is -0.131 e. The van der Waals surface area contributed by atoms with Crippen molar-refractivity contribution >= 4 is 0 Å². The van der Waals surface area contributed by atoms with Crippen LogP contribution in [0.4, 0.5) is 0 Å². The van der Waals surface area contributed by atoms with E-state index in [2.05, 4.69) is 0 Å². The first-order valence-electron chi connectivity index (χ1n) is 6.83. The molecule has 0 spiro atoms. The molecule has 0 aromatic heterocycles. The topological polar surface area (TPSA) is 36.9 Å². The normalized spacial score (nSPS) is 15.4. The van der Waals surface area contributed by atoms with Crippen molar-refractivity contribution < 1.29 is 43.5 Å². The monoisotopic (exact) mass is 314 g/mol. The first-order valence-corrected chi connectivity index (χ1v) is 6.83. The summed E-state index contributed by atoms with van der Waals surface area (Å²) in [6.45, 7) is 0. The van der Waals surface area contributed by atoms with Crippen LogP contribution in [0.5, 0.6) is 0 Å². The number of hydroxylamine groups is 18. The van der Waals surface area contributed by atoms with Crippen LogP contribution in [0.15, 0.2) is 0 Å². The third-order valence-corrected chi connectivity index (χ3v) is 1.67. The maximum atomic E-state index is 5.86. The van der Waals surface area contributed by atoms with Crippen molar-refractivity contribution in [3.05, 3.63) is 0 Å². The van der Waals surface area contributed by atoms with Crippen LogP contribution in [0.3, 0.4) is 0 Å². The molecule has 0 fully saturated rings. The minimum absolute atomic E-state index is 0.138. The fraction of sp³-hybridized carbons (Fsp3) is 1.00. The van der Waals surface area contributed by atoms with Crippen molar-refractivity contribution in [2.75, 3.05) is 84.6 Å². The molecule has 0 saturated heterocycles. The molecule has 0 unspecified atom stereocenters. The standard InChI is InChI=1S/C12H36N5O4/c1-13(2,3)18-15(7,8)20-17(11,12)21-16(9,10)19-14(4,5)6/h1-12H3/q+5. The highest BCUT2D eigenvalue weighted by molar-refractivity contribution is 3.80. The lowest BCUT2D eigenvalue weighted by Gasteiger charge is -2.34. The smallest absolute Gasteiger partial charge is 0.131 e. The molecule has 9 nitrogen and oxygen atoms in total. The maximum Gasteiger partial charge on any atom is 0.144 e. The lowest BCUT2D eigenvalue weighted by molar-refractivity contribution is -1.58. The number of hydrogen-bond donors (Lipinski definition) is 0. The van der Waals surface area contributed by atoms with Gasteiger partial charge in [-0.2, -0.15) is 0 Å². The Morgan fingerprint density at radius 2 is 0.524 bits per heavy atom. The van der Waals surface area contributed by atoms with Gasteiger partial charge < -0.3 is 0 Å². The van der Waals surface area contributed by atoms with E-state index in [1.807, 2.05) is 42.3 Å². The molecule has 0 bridgehead atoms. The van der Waals surface area contributed by atoms with E-state index in [9.17, 15) is 0 Å². The van der Waals surface area contributed by atoms with Gasteiger partial charge in [-0.15, -0.1) is 9.29 Å². The Balaban J connectivity index is 4.83. The van der Waals surface area contributed by atoms with Crippen LogP contribution in [0.2, 0.25) is 0 Å². The van der Waals surface area contributed by atoms with E-state index in [1.165, 1.54) is 0 Å². The lowest BCUT2D eigenvalue weighted by atomic mass is 10.9. The summed E-state index contributed by atoms with van der Waals surface area (Å²) in [5.74, 6) is 0. The molecule has 0 aliphatic heterocycles. The molecule has 0 aromatic carbocycles. The zero-order valence-corrected chi connectivity index (χ0v) is 15.9. The fourth-order valence-corrected chi connectivity index (χ4v) is 2.17. The molecule has 9 heteroatoms. The first-order chi connectivity index (χ1) is 8.83. The first kappa shape index (κ1) is 20.6. The Morgan fingerprint density at radius 3 is 0.714 bits per heavy atom. The van der Waals surface area contributed by atoms with Gasteiger partial charge in [0, 0.05) is 9.88 Å². The van der Waals surface area contributed by atoms with Gasteiger partial charge in [-0.25, -0.2) is 0 Å². The summed E-state index contributed by atoms with van der Waals surface area (Å²) in [5.41, 5.74) is 0. The van der Waals surface area contributed by atoms with Gasteiger partial charge in [-0.3, -0.25) is 0 Å². The molecule has 0 N–H and O–H groups in total. The molecule has 0 rings (SSSR count). The Hall–Kier alpha value is -0.360. The van der Waals surface area contributed by atoms with Gasteiger partial charge in [0.25, 0.3) is 0 Å². The molecule has 0 aliphatic carbocycles. The Kier molecular flexibility index (Phi) is 5.93. The van der Waals surface area contributed by atoms with Crippen molar-refractivity contribution in [2.24, 2.45) is 0 Å². The second kappa shape index (κ2) is 6.03. The number of hydrogen-bond acceptors (Lipinski definition) is 4. The predicted octanol–water partition coefficient (Wildman–Crippen LogP) is 0.0144. The quantitative estimate of drug-likeness (QED) is 0.467. The van der Waals surface area contributed by atoms with Gasteiger partial charge in [0.1, 0.15) is 84.6 Å². The van der Waals surface area contributed by atoms with Gasteiger partial charge in [0.2, 0.25) is 0 Å². The summed E-state index contributed by atoms with van der Waals surface area (Å²) in [6.07, 6.45) is 0.